The van der Waals surface area contributed by atoms with E-state index in [2.05, 4.69) is 25.2 Å². The Morgan fingerprint density at radius 3 is 2.81 bits per heavy atom. The van der Waals surface area contributed by atoms with Crippen LogP contribution in [0.4, 0.5) is 0 Å². The van der Waals surface area contributed by atoms with Crippen molar-refractivity contribution in [2.75, 3.05) is 6.54 Å². The molecular weight excluding hydrogens is 198 g/mol. The Hall–Kier alpha value is -0.760. The summed E-state index contributed by atoms with van der Waals surface area (Å²) in [5.74, 6) is 2.09. The molecule has 1 aliphatic carbocycles. The van der Waals surface area contributed by atoms with E-state index in [-0.39, 0.29) is 0 Å². The number of aryl methyl sites for hydroxylation is 1. The van der Waals surface area contributed by atoms with Crippen LogP contribution < -0.4 is 5.32 Å². The standard InChI is InChI=1S/C14H23NO/c1-3-14-12(8-9-16-14)13(15-4-2)10-11-6-5-7-11/h8-9,11,13,15H,3-7,10H2,1-2H3. The van der Waals surface area contributed by atoms with E-state index in [4.69, 9.17) is 4.42 Å². The lowest BCUT2D eigenvalue weighted by Crippen LogP contribution is -2.26. The van der Waals surface area contributed by atoms with Gasteiger partial charge in [-0.15, -0.1) is 0 Å². The van der Waals surface area contributed by atoms with Crippen LogP contribution in [-0.4, -0.2) is 6.54 Å². The van der Waals surface area contributed by atoms with Crippen LogP contribution in [0.2, 0.25) is 0 Å². The molecule has 90 valence electrons. The summed E-state index contributed by atoms with van der Waals surface area (Å²) in [7, 11) is 0. The summed E-state index contributed by atoms with van der Waals surface area (Å²) in [6.45, 7) is 5.37. The molecule has 1 aliphatic rings. The molecule has 1 atom stereocenters. The largest absolute Gasteiger partial charge is 0.469 e. The lowest BCUT2D eigenvalue weighted by atomic mass is 9.79. The minimum Gasteiger partial charge on any atom is -0.469 e. The molecule has 16 heavy (non-hydrogen) atoms. The van der Waals surface area contributed by atoms with Crippen molar-refractivity contribution in [2.45, 2.75) is 52.0 Å². The highest BCUT2D eigenvalue weighted by Crippen LogP contribution is 2.35. The van der Waals surface area contributed by atoms with Crippen LogP contribution in [0.5, 0.6) is 0 Å². The number of nitrogens with one attached hydrogen (secondary N) is 1. The monoisotopic (exact) mass is 221 g/mol. The van der Waals surface area contributed by atoms with E-state index >= 15 is 0 Å². The first-order chi connectivity index (χ1) is 7.85. The smallest absolute Gasteiger partial charge is 0.108 e. The highest BCUT2D eigenvalue weighted by molar-refractivity contribution is 5.21. The fourth-order valence-corrected chi connectivity index (χ4v) is 2.58. The van der Waals surface area contributed by atoms with Crippen LogP contribution in [0.1, 0.15) is 56.9 Å². The third-order valence-electron chi connectivity index (χ3n) is 3.72. The number of hydrogen-bond donors (Lipinski definition) is 1. The Morgan fingerprint density at radius 1 is 1.44 bits per heavy atom. The summed E-state index contributed by atoms with van der Waals surface area (Å²) < 4.78 is 5.53. The molecule has 1 aromatic heterocycles. The molecule has 0 amide bonds. The first kappa shape index (κ1) is 11.7. The Kier molecular flexibility index (Phi) is 4.05. The number of furan rings is 1. The van der Waals surface area contributed by atoms with Gasteiger partial charge in [-0.05, 0) is 24.9 Å². The Bertz CT molecular complexity index is 314. The van der Waals surface area contributed by atoms with E-state index in [0.29, 0.717) is 6.04 Å². The van der Waals surface area contributed by atoms with E-state index in [1.807, 2.05) is 6.26 Å². The lowest BCUT2D eigenvalue weighted by molar-refractivity contribution is 0.261. The average molecular weight is 221 g/mol. The normalized spacial score (nSPS) is 18.4. The Labute approximate surface area is 98.4 Å². The van der Waals surface area contributed by atoms with Gasteiger partial charge in [-0.1, -0.05) is 33.1 Å². The second-order valence-corrected chi connectivity index (χ2v) is 4.80. The third-order valence-corrected chi connectivity index (χ3v) is 3.72. The van der Waals surface area contributed by atoms with Crippen LogP contribution in [0.3, 0.4) is 0 Å². The summed E-state index contributed by atoms with van der Waals surface area (Å²) >= 11 is 0. The predicted molar refractivity (Wildman–Crippen MR) is 66.5 cm³/mol. The van der Waals surface area contributed by atoms with Crippen molar-refractivity contribution in [3.63, 3.8) is 0 Å². The van der Waals surface area contributed by atoms with Crippen LogP contribution in [0.15, 0.2) is 16.7 Å². The molecule has 2 nitrogen and oxygen atoms in total. The Balaban J connectivity index is 2.04. The molecule has 0 radical (unpaired) electrons. The molecule has 1 heterocycles. The zero-order valence-corrected chi connectivity index (χ0v) is 10.5. The number of hydrogen-bond acceptors (Lipinski definition) is 2. The topological polar surface area (TPSA) is 25.2 Å². The zero-order chi connectivity index (χ0) is 11.4. The molecule has 0 aromatic carbocycles. The quantitative estimate of drug-likeness (QED) is 0.792. The van der Waals surface area contributed by atoms with Gasteiger partial charge in [0.05, 0.1) is 6.26 Å². The fraction of sp³-hybridized carbons (Fsp3) is 0.714. The summed E-state index contributed by atoms with van der Waals surface area (Å²) in [5.41, 5.74) is 1.39. The summed E-state index contributed by atoms with van der Waals surface area (Å²) in [6.07, 6.45) is 8.37. The van der Waals surface area contributed by atoms with E-state index in [1.54, 1.807) is 0 Å². The van der Waals surface area contributed by atoms with Crippen LogP contribution in [0.25, 0.3) is 0 Å². The average Bonchev–Trinajstić information content (AvgIpc) is 2.69. The van der Waals surface area contributed by atoms with Crippen molar-refractivity contribution in [1.82, 2.24) is 5.32 Å². The van der Waals surface area contributed by atoms with E-state index in [1.165, 1.54) is 31.2 Å². The maximum Gasteiger partial charge on any atom is 0.108 e. The molecule has 1 saturated carbocycles. The minimum atomic E-state index is 0.504. The molecular formula is C14H23NO. The van der Waals surface area contributed by atoms with E-state index in [9.17, 15) is 0 Å². The van der Waals surface area contributed by atoms with Crippen LogP contribution in [-0.2, 0) is 6.42 Å². The SMILES string of the molecule is CCNC(CC1CCC1)c1ccoc1CC. The molecule has 0 saturated heterocycles. The van der Waals surface area contributed by atoms with Gasteiger partial charge in [0.15, 0.2) is 0 Å². The minimum absolute atomic E-state index is 0.504. The molecule has 2 rings (SSSR count). The molecule has 1 fully saturated rings. The molecule has 2 heteroatoms. The second kappa shape index (κ2) is 5.53. The van der Waals surface area contributed by atoms with Gasteiger partial charge < -0.3 is 9.73 Å². The summed E-state index contributed by atoms with van der Waals surface area (Å²) in [5, 5.41) is 3.60. The van der Waals surface area contributed by atoms with Crippen molar-refractivity contribution in [3.05, 3.63) is 23.7 Å². The molecule has 1 N–H and O–H groups in total. The van der Waals surface area contributed by atoms with Gasteiger partial charge in [0, 0.05) is 18.0 Å². The molecule has 0 spiro atoms. The second-order valence-electron chi connectivity index (χ2n) is 4.80. The first-order valence-electron chi connectivity index (χ1n) is 6.64. The van der Waals surface area contributed by atoms with Gasteiger partial charge >= 0.3 is 0 Å². The highest BCUT2D eigenvalue weighted by Gasteiger charge is 2.24. The van der Waals surface area contributed by atoms with Gasteiger partial charge in [0.1, 0.15) is 5.76 Å². The van der Waals surface area contributed by atoms with Crippen LogP contribution in [0, 0.1) is 5.92 Å². The van der Waals surface area contributed by atoms with E-state index < -0.39 is 0 Å². The van der Waals surface area contributed by atoms with Crippen LogP contribution >= 0.6 is 0 Å². The molecule has 0 aliphatic heterocycles. The maximum absolute atomic E-state index is 5.53. The van der Waals surface area contributed by atoms with Gasteiger partial charge in [-0.3, -0.25) is 0 Å². The molecule has 1 aromatic rings. The van der Waals surface area contributed by atoms with E-state index in [0.717, 1.165) is 24.6 Å². The summed E-state index contributed by atoms with van der Waals surface area (Å²) in [6, 6.07) is 2.65. The van der Waals surface area contributed by atoms with Crippen molar-refractivity contribution < 1.29 is 4.42 Å². The lowest BCUT2D eigenvalue weighted by Gasteiger charge is -2.30. The van der Waals surface area contributed by atoms with Crippen molar-refractivity contribution in [3.8, 4) is 0 Å². The fourth-order valence-electron chi connectivity index (χ4n) is 2.58. The predicted octanol–water partition coefficient (Wildman–Crippen LogP) is 3.68. The highest BCUT2D eigenvalue weighted by atomic mass is 16.3. The van der Waals surface area contributed by atoms with Gasteiger partial charge in [-0.2, -0.15) is 0 Å². The molecule has 0 bridgehead atoms. The van der Waals surface area contributed by atoms with Gasteiger partial charge in [0.25, 0.3) is 0 Å². The summed E-state index contributed by atoms with van der Waals surface area (Å²) in [4.78, 5) is 0. The van der Waals surface area contributed by atoms with Crippen molar-refractivity contribution >= 4 is 0 Å². The Morgan fingerprint density at radius 2 is 2.25 bits per heavy atom. The zero-order valence-electron chi connectivity index (χ0n) is 10.5. The van der Waals surface area contributed by atoms with Gasteiger partial charge in [0.2, 0.25) is 0 Å². The number of rotatable bonds is 6. The first-order valence-corrected chi connectivity index (χ1v) is 6.64. The maximum atomic E-state index is 5.53. The third kappa shape index (κ3) is 2.49. The molecule has 1 unspecified atom stereocenters. The van der Waals surface area contributed by atoms with Crippen molar-refractivity contribution in [1.29, 1.82) is 0 Å². The van der Waals surface area contributed by atoms with Crippen molar-refractivity contribution in [2.24, 2.45) is 5.92 Å². The van der Waals surface area contributed by atoms with Gasteiger partial charge in [-0.25, -0.2) is 0 Å².